The lowest BCUT2D eigenvalue weighted by atomic mass is 10.2. The SMILES string of the molecule is Cc1cc(S(=O)(=O)NCc2nc(C3CC3)nn2-c2ccccn2)ccc1F. The maximum atomic E-state index is 13.4. The number of nitrogens with zero attached hydrogens (tertiary/aromatic N) is 4. The zero-order valence-electron chi connectivity index (χ0n) is 14.6. The molecule has 3 aromatic rings. The molecule has 7 nitrogen and oxygen atoms in total. The normalized spacial score (nSPS) is 14.4. The van der Waals surface area contributed by atoms with Crippen molar-refractivity contribution < 1.29 is 12.8 Å². The molecule has 1 aromatic carbocycles. The molecule has 1 saturated carbocycles. The molecule has 0 amide bonds. The maximum Gasteiger partial charge on any atom is 0.240 e. The molecular formula is C18H18FN5O2S. The Morgan fingerprint density at radius 1 is 1.26 bits per heavy atom. The molecule has 2 aromatic heterocycles. The third-order valence-corrected chi connectivity index (χ3v) is 5.76. The standard InChI is InChI=1S/C18H18FN5O2S/c1-12-10-14(7-8-15(12)19)27(25,26)21-11-17-22-18(13-5-6-13)23-24(17)16-4-2-3-9-20-16/h2-4,7-10,13,21H,5-6,11H2,1H3. The molecule has 1 fully saturated rings. The average Bonchev–Trinajstić information content (AvgIpc) is 3.42. The fraction of sp³-hybridized carbons (Fsp3) is 0.278. The fourth-order valence-corrected chi connectivity index (χ4v) is 3.75. The summed E-state index contributed by atoms with van der Waals surface area (Å²) in [6.07, 6.45) is 3.71. The number of sulfonamides is 1. The van der Waals surface area contributed by atoms with Gasteiger partial charge in [-0.3, -0.25) is 0 Å². The van der Waals surface area contributed by atoms with Crippen molar-refractivity contribution in [2.24, 2.45) is 0 Å². The second-order valence-corrected chi connectivity index (χ2v) is 8.26. The first-order valence-electron chi connectivity index (χ1n) is 8.57. The van der Waals surface area contributed by atoms with E-state index >= 15 is 0 Å². The van der Waals surface area contributed by atoms with Crippen LogP contribution in [0.3, 0.4) is 0 Å². The summed E-state index contributed by atoms with van der Waals surface area (Å²) in [5.74, 6) is 1.61. The van der Waals surface area contributed by atoms with E-state index in [0.29, 0.717) is 23.4 Å². The molecule has 0 bridgehead atoms. The van der Waals surface area contributed by atoms with Crippen LogP contribution in [0.1, 0.15) is 36.0 Å². The Morgan fingerprint density at radius 3 is 2.74 bits per heavy atom. The third kappa shape index (κ3) is 3.74. The second-order valence-electron chi connectivity index (χ2n) is 6.50. The van der Waals surface area contributed by atoms with E-state index in [1.807, 2.05) is 6.07 Å². The predicted octanol–water partition coefficient (Wildman–Crippen LogP) is 2.47. The third-order valence-electron chi connectivity index (χ3n) is 4.36. The highest BCUT2D eigenvalue weighted by atomic mass is 32.2. The molecule has 140 valence electrons. The number of rotatable bonds is 6. The molecule has 0 saturated heterocycles. The number of hydrogen-bond donors (Lipinski definition) is 1. The van der Waals surface area contributed by atoms with Gasteiger partial charge in [-0.05, 0) is 55.7 Å². The van der Waals surface area contributed by atoms with Crippen molar-refractivity contribution in [3.05, 3.63) is 65.6 Å². The second kappa shape index (κ2) is 6.82. The van der Waals surface area contributed by atoms with Crippen LogP contribution in [0.5, 0.6) is 0 Å². The quantitative estimate of drug-likeness (QED) is 0.702. The van der Waals surface area contributed by atoms with E-state index in [1.54, 1.807) is 23.0 Å². The van der Waals surface area contributed by atoms with Gasteiger partial charge >= 0.3 is 0 Å². The van der Waals surface area contributed by atoms with Crippen LogP contribution in [-0.2, 0) is 16.6 Å². The van der Waals surface area contributed by atoms with Crippen molar-refractivity contribution in [3.8, 4) is 5.82 Å². The lowest BCUT2D eigenvalue weighted by Gasteiger charge is -2.08. The van der Waals surface area contributed by atoms with E-state index in [2.05, 4.69) is 19.8 Å². The average molecular weight is 387 g/mol. The van der Waals surface area contributed by atoms with Gasteiger partial charge in [0.15, 0.2) is 11.6 Å². The summed E-state index contributed by atoms with van der Waals surface area (Å²) in [7, 11) is -3.81. The highest BCUT2D eigenvalue weighted by Crippen LogP contribution is 2.38. The number of hydrogen-bond acceptors (Lipinski definition) is 5. The molecule has 27 heavy (non-hydrogen) atoms. The predicted molar refractivity (Wildman–Crippen MR) is 96.3 cm³/mol. The highest BCUT2D eigenvalue weighted by Gasteiger charge is 2.29. The summed E-state index contributed by atoms with van der Waals surface area (Å²) in [6, 6.07) is 9.09. The maximum absolute atomic E-state index is 13.4. The van der Waals surface area contributed by atoms with E-state index in [0.717, 1.165) is 18.9 Å². The Kier molecular flexibility index (Phi) is 4.48. The van der Waals surface area contributed by atoms with Crippen molar-refractivity contribution in [2.45, 2.75) is 37.1 Å². The number of aryl methyl sites for hydroxylation is 1. The van der Waals surface area contributed by atoms with Crippen LogP contribution < -0.4 is 4.72 Å². The fourth-order valence-electron chi connectivity index (χ4n) is 2.68. The molecule has 0 unspecified atom stereocenters. The summed E-state index contributed by atoms with van der Waals surface area (Å²) in [5.41, 5.74) is 0.269. The number of halogens is 1. The van der Waals surface area contributed by atoms with Gasteiger partial charge < -0.3 is 0 Å². The van der Waals surface area contributed by atoms with Crippen LogP contribution in [0.4, 0.5) is 4.39 Å². The molecule has 1 aliphatic carbocycles. The van der Waals surface area contributed by atoms with Gasteiger partial charge in [0.2, 0.25) is 10.0 Å². The molecule has 2 heterocycles. The highest BCUT2D eigenvalue weighted by molar-refractivity contribution is 7.89. The molecular weight excluding hydrogens is 369 g/mol. The zero-order valence-corrected chi connectivity index (χ0v) is 15.4. The van der Waals surface area contributed by atoms with E-state index in [-0.39, 0.29) is 17.0 Å². The largest absolute Gasteiger partial charge is 0.240 e. The Hall–Kier alpha value is -2.65. The molecule has 0 spiro atoms. The topological polar surface area (TPSA) is 89.8 Å². The van der Waals surface area contributed by atoms with Crippen LogP contribution in [-0.4, -0.2) is 28.2 Å². The van der Waals surface area contributed by atoms with E-state index in [1.165, 1.54) is 19.1 Å². The van der Waals surface area contributed by atoms with Crippen molar-refractivity contribution >= 4 is 10.0 Å². The zero-order chi connectivity index (χ0) is 19.0. The summed E-state index contributed by atoms with van der Waals surface area (Å²) < 4.78 is 42.6. The molecule has 1 aliphatic rings. The molecule has 4 rings (SSSR count). The first kappa shape index (κ1) is 17.7. The Morgan fingerprint density at radius 2 is 2.07 bits per heavy atom. The van der Waals surface area contributed by atoms with E-state index in [9.17, 15) is 12.8 Å². The lowest BCUT2D eigenvalue weighted by molar-refractivity contribution is 0.576. The van der Waals surface area contributed by atoms with Crippen LogP contribution in [0.15, 0.2) is 47.5 Å². The van der Waals surface area contributed by atoms with Crippen molar-refractivity contribution in [3.63, 3.8) is 0 Å². The first-order valence-corrected chi connectivity index (χ1v) is 10.1. The minimum absolute atomic E-state index is 0.00715. The summed E-state index contributed by atoms with van der Waals surface area (Å²) >= 11 is 0. The summed E-state index contributed by atoms with van der Waals surface area (Å²) in [6.45, 7) is 1.48. The Labute approximate surface area is 156 Å². The number of aromatic nitrogens is 4. The summed E-state index contributed by atoms with van der Waals surface area (Å²) in [4.78, 5) is 8.78. The molecule has 9 heteroatoms. The van der Waals surface area contributed by atoms with Crippen molar-refractivity contribution in [1.29, 1.82) is 0 Å². The van der Waals surface area contributed by atoms with E-state index in [4.69, 9.17) is 0 Å². The van der Waals surface area contributed by atoms with Gasteiger partial charge in [0, 0.05) is 12.1 Å². The number of benzene rings is 1. The molecule has 0 aliphatic heterocycles. The number of nitrogens with one attached hydrogen (secondary N) is 1. The van der Waals surface area contributed by atoms with Crippen LogP contribution >= 0.6 is 0 Å². The van der Waals surface area contributed by atoms with Crippen molar-refractivity contribution in [1.82, 2.24) is 24.5 Å². The monoisotopic (exact) mass is 387 g/mol. The van der Waals surface area contributed by atoms with Crippen LogP contribution in [0.25, 0.3) is 5.82 Å². The van der Waals surface area contributed by atoms with Gasteiger partial charge in [0.05, 0.1) is 11.4 Å². The summed E-state index contributed by atoms with van der Waals surface area (Å²) in [5, 5.41) is 4.50. The molecule has 0 radical (unpaired) electrons. The van der Waals surface area contributed by atoms with E-state index < -0.39 is 15.8 Å². The van der Waals surface area contributed by atoms with Gasteiger partial charge in [-0.1, -0.05) is 6.07 Å². The van der Waals surface area contributed by atoms with Gasteiger partial charge in [0.25, 0.3) is 0 Å². The van der Waals surface area contributed by atoms with Crippen LogP contribution in [0, 0.1) is 12.7 Å². The minimum atomic E-state index is -3.81. The van der Waals surface area contributed by atoms with Gasteiger partial charge in [0.1, 0.15) is 11.6 Å². The Bertz CT molecular complexity index is 1080. The first-order chi connectivity index (χ1) is 12.9. The number of pyridine rings is 1. The van der Waals surface area contributed by atoms with Gasteiger partial charge in [-0.2, -0.15) is 4.68 Å². The van der Waals surface area contributed by atoms with Crippen molar-refractivity contribution in [2.75, 3.05) is 0 Å². The van der Waals surface area contributed by atoms with Crippen LogP contribution in [0.2, 0.25) is 0 Å². The van der Waals surface area contributed by atoms with Gasteiger partial charge in [-0.25, -0.2) is 27.5 Å². The smallest absolute Gasteiger partial charge is 0.237 e. The Balaban J connectivity index is 1.61. The molecule has 1 N–H and O–H groups in total. The molecule has 0 atom stereocenters. The minimum Gasteiger partial charge on any atom is -0.237 e. The van der Waals surface area contributed by atoms with Gasteiger partial charge in [-0.15, -0.1) is 5.10 Å². The lowest BCUT2D eigenvalue weighted by Crippen LogP contribution is -2.25.